The van der Waals surface area contributed by atoms with Crippen LogP contribution in [0.1, 0.15) is 55.2 Å². The van der Waals surface area contributed by atoms with Crippen LogP contribution >= 0.6 is 0 Å². The third-order valence-electron chi connectivity index (χ3n) is 6.62. The fraction of sp³-hybridized carbons (Fsp3) is 0.500. The minimum atomic E-state index is -0.839. The molecule has 1 aromatic carbocycles. The van der Waals surface area contributed by atoms with Gasteiger partial charge in [-0.1, -0.05) is 19.3 Å². The molecule has 1 aromatic heterocycles. The molecule has 0 bridgehead atoms. The van der Waals surface area contributed by atoms with Crippen LogP contribution in [0.2, 0.25) is 0 Å². The van der Waals surface area contributed by atoms with Crippen LogP contribution in [0.25, 0.3) is 11.0 Å². The number of aromatic nitrogens is 2. The Hall–Kier alpha value is -3.43. The number of urea groups is 1. The maximum Gasteiger partial charge on any atom is 0.327 e. The summed E-state index contributed by atoms with van der Waals surface area (Å²) >= 11 is 0. The van der Waals surface area contributed by atoms with Crippen LogP contribution in [0.4, 0.5) is 4.79 Å². The average molecular weight is 441 g/mol. The van der Waals surface area contributed by atoms with Crippen LogP contribution in [0.15, 0.2) is 18.2 Å². The van der Waals surface area contributed by atoms with Gasteiger partial charge in [-0.15, -0.1) is 0 Å². The number of hydrogen-bond donors (Lipinski definition) is 2. The minimum absolute atomic E-state index is 0.335. The number of benzene rings is 1. The van der Waals surface area contributed by atoms with E-state index in [0.29, 0.717) is 23.9 Å². The molecule has 32 heavy (non-hydrogen) atoms. The first-order valence-electron chi connectivity index (χ1n) is 10.9. The van der Waals surface area contributed by atoms with Crippen molar-refractivity contribution in [1.29, 1.82) is 0 Å². The SMILES string of the molecule is CCn1c(C)nc2cc(C(=O)NNC(=O)CN3C(=O)N(C)C4(CCCCC4)C3=O)ccc21. The third-order valence-corrected chi connectivity index (χ3v) is 6.62. The highest BCUT2D eigenvalue weighted by atomic mass is 16.2. The Balaban J connectivity index is 1.38. The zero-order valence-electron chi connectivity index (χ0n) is 18.6. The summed E-state index contributed by atoms with van der Waals surface area (Å²) in [6.45, 7) is 4.25. The molecule has 10 heteroatoms. The molecule has 10 nitrogen and oxygen atoms in total. The molecule has 170 valence electrons. The molecule has 1 aliphatic carbocycles. The standard InChI is InChI=1S/C22H28N6O4/c1-4-27-14(2)23-16-12-15(8-9-17(16)27)19(30)25-24-18(29)13-28-20(31)22(26(3)21(28)32)10-6-5-7-11-22/h8-9,12H,4-7,10-11,13H2,1-3H3,(H,24,29)(H,25,30). The Morgan fingerprint density at radius 2 is 1.84 bits per heavy atom. The van der Waals surface area contributed by atoms with Gasteiger partial charge in [-0.25, -0.2) is 9.78 Å². The Morgan fingerprint density at radius 3 is 2.53 bits per heavy atom. The monoisotopic (exact) mass is 440 g/mol. The van der Waals surface area contributed by atoms with Gasteiger partial charge in [-0.3, -0.25) is 30.1 Å². The summed E-state index contributed by atoms with van der Waals surface area (Å²) in [5.74, 6) is -0.634. The summed E-state index contributed by atoms with van der Waals surface area (Å²) in [7, 11) is 1.61. The van der Waals surface area contributed by atoms with Gasteiger partial charge in [0.1, 0.15) is 17.9 Å². The molecule has 1 aliphatic heterocycles. The average Bonchev–Trinajstić information content (AvgIpc) is 3.20. The van der Waals surface area contributed by atoms with E-state index < -0.39 is 29.9 Å². The number of imide groups is 1. The summed E-state index contributed by atoms with van der Waals surface area (Å²) in [5.41, 5.74) is 5.77. The molecule has 1 saturated heterocycles. The first kappa shape index (κ1) is 21.8. The highest BCUT2D eigenvalue weighted by Gasteiger charge is 2.55. The number of nitrogens with one attached hydrogen (secondary N) is 2. The van der Waals surface area contributed by atoms with Crippen molar-refractivity contribution in [3.63, 3.8) is 0 Å². The van der Waals surface area contributed by atoms with E-state index in [1.807, 2.05) is 24.5 Å². The number of amides is 5. The molecule has 2 aromatic rings. The van der Waals surface area contributed by atoms with Gasteiger partial charge in [0.05, 0.1) is 11.0 Å². The maximum atomic E-state index is 13.0. The second-order valence-corrected chi connectivity index (χ2v) is 8.43. The minimum Gasteiger partial charge on any atom is -0.329 e. The number of hydrogen-bond acceptors (Lipinski definition) is 5. The normalized spacial score (nSPS) is 18.0. The van der Waals surface area contributed by atoms with Gasteiger partial charge in [-0.2, -0.15) is 0 Å². The highest BCUT2D eigenvalue weighted by molar-refractivity contribution is 6.09. The molecule has 4 rings (SSSR count). The number of carbonyl (C=O) groups excluding carboxylic acids is 4. The van der Waals surface area contributed by atoms with Crippen LogP contribution in [0.3, 0.4) is 0 Å². The van der Waals surface area contributed by atoms with Crippen LogP contribution in [0, 0.1) is 6.92 Å². The number of aryl methyl sites for hydroxylation is 2. The van der Waals surface area contributed by atoms with Crippen molar-refractivity contribution in [2.75, 3.05) is 13.6 Å². The number of nitrogens with zero attached hydrogens (tertiary/aromatic N) is 4. The molecule has 2 heterocycles. The summed E-state index contributed by atoms with van der Waals surface area (Å²) in [6.07, 6.45) is 4.00. The van der Waals surface area contributed by atoms with Gasteiger partial charge in [0.25, 0.3) is 17.7 Å². The highest BCUT2D eigenvalue weighted by Crippen LogP contribution is 2.39. The Morgan fingerprint density at radius 1 is 1.12 bits per heavy atom. The van der Waals surface area contributed by atoms with Crippen molar-refractivity contribution in [2.24, 2.45) is 0 Å². The molecule has 2 fully saturated rings. The van der Waals surface area contributed by atoms with Gasteiger partial charge in [0.2, 0.25) is 0 Å². The molecule has 2 N–H and O–H groups in total. The van der Waals surface area contributed by atoms with E-state index in [1.54, 1.807) is 19.2 Å². The molecule has 0 atom stereocenters. The molecule has 2 aliphatic rings. The second-order valence-electron chi connectivity index (χ2n) is 8.43. The predicted octanol–water partition coefficient (Wildman–Crippen LogP) is 1.72. The summed E-state index contributed by atoms with van der Waals surface area (Å²) in [4.78, 5) is 57.4. The van der Waals surface area contributed by atoms with Crippen LogP contribution < -0.4 is 10.9 Å². The van der Waals surface area contributed by atoms with Crippen molar-refractivity contribution in [1.82, 2.24) is 30.2 Å². The number of carbonyl (C=O) groups is 4. The van der Waals surface area contributed by atoms with E-state index in [-0.39, 0.29) is 5.91 Å². The summed E-state index contributed by atoms with van der Waals surface area (Å²) in [5, 5.41) is 0. The summed E-state index contributed by atoms with van der Waals surface area (Å²) < 4.78 is 2.04. The Kier molecular flexibility index (Phi) is 5.62. The second kappa shape index (κ2) is 8.25. The van der Waals surface area contributed by atoms with E-state index in [0.717, 1.165) is 42.0 Å². The third kappa shape index (κ3) is 3.49. The lowest BCUT2D eigenvalue weighted by Gasteiger charge is -2.35. The van der Waals surface area contributed by atoms with Crippen molar-refractivity contribution < 1.29 is 19.2 Å². The first-order valence-corrected chi connectivity index (χ1v) is 10.9. The van der Waals surface area contributed by atoms with E-state index in [1.165, 1.54) is 4.90 Å². The largest absolute Gasteiger partial charge is 0.329 e. The van der Waals surface area contributed by atoms with Gasteiger partial charge in [0.15, 0.2) is 0 Å². The van der Waals surface area contributed by atoms with Crippen molar-refractivity contribution in [2.45, 2.75) is 58.0 Å². The fourth-order valence-corrected chi connectivity index (χ4v) is 4.84. The van der Waals surface area contributed by atoms with Gasteiger partial charge >= 0.3 is 6.03 Å². The number of imidazole rings is 1. The van der Waals surface area contributed by atoms with Crippen molar-refractivity contribution in [3.8, 4) is 0 Å². The molecule has 1 spiro atoms. The summed E-state index contributed by atoms with van der Waals surface area (Å²) in [6, 6.07) is 4.65. The topological polar surface area (TPSA) is 117 Å². The number of fused-ring (bicyclic) bond motifs is 1. The molecular formula is C22H28N6O4. The van der Waals surface area contributed by atoms with Gasteiger partial charge < -0.3 is 9.47 Å². The Labute approximate surface area is 185 Å². The quantitative estimate of drug-likeness (QED) is 0.555. The van der Waals surface area contributed by atoms with E-state index in [4.69, 9.17) is 0 Å². The Bertz CT molecular complexity index is 1100. The zero-order valence-corrected chi connectivity index (χ0v) is 18.6. The molecule has 0 unspecified atom stereocenters. The number of hydrazine groups is 1. The lowest BCUT2D eigenvalue weighted by molar-refractivity contribution is -0.137. The molecular weight excluding hydrogens is 412 g/mol. The molecule has 1 saturated carbocycles. The van der Waals surface area contributed by atoms with Crippen LogP contribution in [0.5, 0.6) is 0 Å². The van der Waals surface area contributed by atoms with Crippen LogP contribution in [-0.4, -0.2) is 62.2 Å². The smallest absolute Gasteiger partial charge is 0.327 e. The number of likely N-dealkylation sites (N-methyl/N-ethyl adjacent to an activating group) is 1. The zero-order chi connectivity index (χ0) is 23.0. The lowest BCUT2D eigenvalue weighted by atomic mass is 9.81. The van der Waals surface area contributed by atoms with Crippen molar-refractivity contribution in [3.05, 3.63) is 29.6 Å². The first-order chi connectivity index (χ1) is 15.3. The maximum absolute atomic E-state index is 13.0. The fourth-order valence-electron chi connectivity index (χ4n) is 4.84. The predicted molar refractivity (Wildman–Crippen MR) is 116 cm³/mol. The van der Waals surface area contributed by atoms with E-state index in [9.17, 15) is 19.2 Å². The van der Waals surface area contributed by atoms with Gasteiger partial charge in [-0.05, 0) is 44.9 Å². The lowest BCUT2D eigenvalue weighted by Crippen LogP contribution is -2.50. The van der Waals surface area contributed by atoms with Crippen molar-refractivity contribution >= 4 is 34.8 Å². The number of rotatable bonds is 4. The molecule has 0 radical (unpaired) electrons. The molecule has 5 amide bonds. The van der Waals surface area contributed by atoms with E-state index >= 15 is 0 Å². The van der Waals surface area contributed by atoms with Gasteiger partial charge in [0, 0.05) is 19.2 Å². The van der Waals surface area contributed by atoms with Crippen LogP contribution in [-0.2, 0) is 16.1 Å². The van der Waals surface area contributed by atoms with E-state index in [2.05, 4.69) is 15.8 Å².